The van der Waals surface area contributed by atoms with E-state index in [1.54, 1.807) is 0 Å². The molecule has 5 heteroatoms. The smallest absolute Gasteiger partial charge is 0.0702 e. The van der Waals surface area contributed by atoms with Gasteiger partial charge in [0.05, 0.1) is 39.0 Å². The molecule has 0 saturated heterocycles. The Morgan fingerprint density at radius 2 is 0.794 bits per heavy atom. The van der Waals surface area contributed by atoms with E-state index in [1.807, 2.05) is 12.4 Å². The average molecular weight is 804 g/mol. The number of benzene rings is 8. The van der Waals surface area contributed by atoms with E-state index in [1.165, 1.54) is 49.0 Å². The standard InChI is InChI=1S/C58H37N5/c1-3-13-42(14-4-1)62-54-21-11-8-18-45(54)48-31-37(25-29-56(48)62)39-23-27-52(59-35-39)41-33-47(58-50(34-41)44-17-7-10-20-53(44)61-58)40-24-28-51(60-36-40)38-26-30-57-49(32-38)46-19-9-12-22-55(46)63(57)43-15-5-2-6-16-43/h1-36,61H. The van der Waals surface area contributed by atoms with Crippen LogP contribution in [0.2, 0.25) is 0 Å². The Hall–Kier alpha value is -8.54. The molecule has 294 valence electrons. The molecule has 0 aliphatic carbocycles. The number of fused-ring (bicyclic) bond motifs is 9. The number of H-pyrrole nitrogens is 1. The first-order valence-corrected chi connectivity index (χ1v) is 21.4. The molecule has 0 atom stereocenters. The van der Waals surface area contributed by atoms with Crippen molar-refractivity contribution in [2.75, 3.05) is 0 Å². The summed E-state index contributed by atoms with van der Waals surface area (Å²) in [6.45, 7) is 0. The van der Waals surface area contributed by atoms with Crippen LogP contribution >= 0.6 is 0 Å². The summed E-state index contributed by atoms with van der Waals surface area (Å²) in [5.74, 6) is 0. The number of nitrogens with zero attached hydrogens (tertiary/aromatic N) is 4. The van der Waals surface area contributed by atoms with Gasteiger partial charge in [-0.1, -0.05) is 115 Å². The highest BCUT2D eigenvalue weighted by Crippen LogP contribution is 2.40. The fourth-order valence-corrected chi connectivity index (χ4v) is 9.78. The van der Waals surface area contributed by atoms with E-state index in [-0.39, 0.29) is 0 Å². The normalized spacial score (nSPS) is 11.8. The molecule has 13 aromatic rings. The van der Waals surface area contributed by atoms with Crippen LogP contribution in [0.25, 0.3) is 122 Å². The molecule has 0 amide bonds. The lowest BCUT2D eigenvalue weighted by Crippen LogP contribution is -1.93. The summed E-state index contributed by atoms with van der Waals surface area (Å²) in [5.41, 5.74) is 17.6. The Labute approximate surface area is 362 Å². The minimum atomic E-state index is 0.918. The van der Waals surface area contributed by atoms with Crippen LogP contribution in [0.1, 0.15) is 0 Å². The van der Waals surface area contributed by atoms with Gasteiger partial charge < -0.3 is 14.1 Å². The van der Waals surface area contributed by atoms with Gasteiger partial charge in [-0.15, -0.1) is 0 Å². The van der Waals surface area contributed by atoms with Gasteiger partial charge in [-0.2, -0.15) is 0 Å². The van der Waals surface area contributed by atoms with E-state index >= 15 is 0 Å². The van der Waals surface area contributed by atoms with E-state index in [4.69, 9.17) is 9.97 Å². The number of hydrogen-bond donors (Lipinski definition) is 1. The van der Waals surface area contributed by atoms with Gasteiger partial charge in [-0.3, -0.25) is 9.97 Å². The molecule has 0 spiro atoms. The van der Waals surface area contributed by atoms with Crippen molar-refractivity contribution in [2.24, 2.45) is 0 Å². The first kappa shape index (κ1) is 35.2. The number of rotatable bonds is 6. The Bertz CT molecular complexity index is 3880. The third-order valence-electron chi connectivity index (χ3n) is 12.8. The molecule has 63 heavy (non-hydrogen) atoms. The first-order valence-electron chi connectivity index (χ1n) is 21.4. The lowest BCUT2D eigenvalue weighted by molar-refractivity contribution is 1.18. The number of hydrogen-bond acceptors (Lipinski definition) is 2. The molecule has 1 N–H and O–H groups in total. The van der Waals surface area contributed by atoms with Crippen LogP contribution in [-0.4, -0.2) is 24.1 Å². The maximum atomic E-state index is 5.12. The number of aromatic amines is 1. The van der Waals surface area contributed by atoms with Crippen LogP contribution in [-0.2, 0) is 0 Å². The first-order chi connectivity index (χ1) is 31.2. The second kappa shape index (κ2) is 14.0. The van der Waals surface area contributed by atoms with Gasteiger partial charge in [0.25, 0.3) is 0 Å². The summed E-state index contributed by atoms with van der Waals surface area (Å²) in [6, 6.07) is 73.7. The Balaban J connectivity index is 0.880. The Morgan fingerprint density at radius 1 is 0.317 bits per heavy atom. The van der Waals surface area contributed by atoms with E-state index in [0.29, 0.717) is 0 Å². The van der Waals surface area contributed by atoms with Gasteiger partial charge in [0.15, 0.2) is 0 Å². The van der Waals surface area contributed by atoms with Crippen molar-refractivity contribution in [3.63, 3.8) is 0 Å². The van der Waals surface area contributed by atoms with Crippen LogP contribution in [0.3, 0.4) is 0 Å². The average Bonchev–Trinajstić information content (AvgIpc) is 4.02. The molecule has 0 aliphatic heterocycles. The summed E-state index contributed by atoms with van der Waals surface area (Å²) in [4.78, 5) is 14.0. The minimum Gasteiger partial charge on any atom is -0.354 e. The van der Waals surface area contributed by atoms with E-state index < -0.39 is 0 Å². The Morgan fingerprint density at radius 3 is 1.41 bits per heavy atom. The SMILES string of the molecule is c1ccc(-n2c3ccccc3c3cc(-c4ccc(-c5cc(-c6ccc(-c7ccc8c(c7)c7ccccc7n8-c7ccccc7)nc6)c6[nH]c7ccccc7c6c5)nc4)ccc32)cc1. The molecule has 0 unspecified atom stereocenters. The second-order valence-corrected chi connectivity index (χ2v) is 16.3. The molecule has 5 heterocycles. The highest BCUT2D eigenvalue weighted by molar-refractivity contribution is 6.14. The topological polar surface area (TPSA) is 51.4 Å². The van der Waals surface area contributed by atoms with E-state index in [9.17, 15) is 0 Å². The van der Waals surface area contributed by atoms with Crippen LogP contribution < -0.4 is 0 Å². The highest BCUT2D eigenvalue weighted by Gasteiger charge is 2.18. The molecule has 5 aromatic heterocycles. The highest BCUT2D eigenvalue weighted by atomic mass is 15.0. The van der Waals surface area contributed by atoms with Crippen LogP contribution in [0.4, 0.5) is 0 Å². The van der Waals surface area contributed by atoms with Crippen molar-refractivity contribution in [3.05, 3.63) is 219 Å². The maximum absolute atomic E-state index is 5.12. The predicted octanol–water partition coefficient (Wildman–Crippen LogP) is 15.0. The monoisotopic (exact) mass is 803 g/mol. The van der Waals surface area contributed by atoms with Gasteiger partial charge in [-0.25, -0.2) is 0 Å². The van der Waals surface area contributed by atoms with Crippen molar-refractivity contribution in [1.29, 1.82) is 0 Å². The van der Waals surface area contributed by atoms with Crippen molar-refractivity contribution < 1.29 is 0 Å². The summed E-state index contributed by atoms with van der Waals surface area (Å²) in [7, 11) is 0. The molecular formula is C58H37N5. The molecule has 0 saturated carbocycles. The van der Waals surface area contributed by atoms with Gasteiger partial charge in [0.2, 0.25) is 0 Å². The zero-order valence-corrected chi connectivity index (χ0v) is 34.1. The van der Waals surface area contributed by atoms with Crippen LogP contribution in [0.15, 0.2) is 219 Å². The van der Waals surface area contributed by atoms with Crippen molar-refractivity contribution >= 4 is 65.4 Å². The summed E-state index contributed by atoms with van der Waals surface area (Å²) < 4.78 is 4.70. The molecule has 0 radical (unpaired) electrons. The van der Waals surface area contributed by atoms with Gasteiger partial charge in [0.1, 0.15) is 0 Å². The fourth-order valence-electron chi connectivity index (χ4n) is 9.78. The molecular weight excluding hydrogens is 767 g/mol. The lowest BCUT2D eigenvalue weighted by atomic mass is 9.97. The second-order valence-electron chi connectivity index (χ2n) is 16.3. The maximum Gasteiger partial charge on any atom is 0.0702 e. The molecule has 8 aromatic carbocycles. The van der Waals surface area contributed by atoms with Gasteiger partial charge in [-0.05, 0) is 96.6 Å². The summed E-state index contributed by atoms with van der Waals surface area (Å²) >= 11 is 0. The van der Waals surface area contributed by atoms with E-state index in [0.717, 1.165) is 72.6 Å². The lowest BCUT2D eigenvalue weighted by Gasteiger charge is -2.11. The predicted molar refractivity (Wildman–Crippen MR) is 262 cm³/mol. The van der Waals surface area contributed by atoms with E-state index in [2.05, 4.69) is 220 Å². The largest absolute Gasteiger partial charge is 0.354 e. The third kappa shape index (κ3) is 5.64. The van der Waals surface area contributed by atoms with Gasteiger partial charge in [0, 0.05) is 89.4 Å². The van der Waals surface area contributed by atoms with Gasteiger partial charge >= 0.3 is 0 Å². The number of nitrogens with one attached hydrogen (secondary N) is 1. The molecule has 0 aliphatic rings. The minimum absolute atomic E-state index is 0.918. The Kier molecular flexibility index (Phi) is 7.84. The van der Waals surface area contributed by atoms with Crippen molar-refractivity contribution in [1.82, 2.24) is 24.1 Å². The third-order valence-corrected chi connectivity index (χ3v) is 12.8. The fraction of sp³-hybridized carbons (Fsp3) is 0. The number of para-hydroxylation sites is 5. The molecule has 5 nitrogen and oxygen atoms in total. The molecule has 0 bridgehead atoms. The van der Waals surface area contributed by atoms with Crippen LogP contribution in [0.5, 0.6) is 0 Å². The number of pyridine rings is 2. The van der Waals surface area contributed by atoms with Crippen molar-refractivity contribution in [3.8, 4) is 56.1 Å². The number of aromatic nitrogens is 5. The molecule has 13 rings (SSSR count). The zero-order valence-electron chi connectivity index (χ0n) is 34.1. The van der Waals surface area contributed by atoms with Crippen LogP contribution in [0, 0.1) is 0 Å². The molecule has 0 fully saturated rings. The van der Waals surface area contributed by atoms with Crippen molar-refractivity contribution in [2.45, 2.75) is 0 Å². The quantitative estimate of drug-likeness (QED) is 0.182. The zero-order chi connectivity index (χ0) is 41.4. The summed E-state index contributed by atoms with van der Waals surface area (Å²) in [5, 5.41) is 7.23. The summed E-state index contributed by atoms with van der Waals surface area (Å²) in [6.07, 6.45) is 4.02.